The smallest absolute Gasteiger partial charge is 0.266 e. The summed E-state index contributed by atoms with van der Waals surface area (Å²) in [5.41, 5.74) is 2.28. The molecule has 21 heavy (non-hydrogen) atoms. The fraction of sp³-hybridized carbons (Fsp3) is 0.125. The largest absolute Gasteiger partial charge is 0.289 e. The topological polar surface area (TPSA) is 81.9 Å². The summed E-state index contributed by atoms with van der Waals surface area (Å²) in [5, 5.41) is 21.9. The Morgan fingerprint density at radius 3 is 2.38 bits per heavy atom. The molecule has 0 atom stereocenters. The molecule has 0 aliphatic heterocycles. The molecule has 5 nitrogen and oxygen atoms in total. The van der Waals surface area contributed by atoms with Crippen molar-refractivity contribution in [2.24, 2.45) is 5.10 Å². The van der Waals surface area contributed by atoms with Gasteiger partial charge in [0.15, 0.2) is 0 Å². The summed E-state index contributed by atoms with van der Waals surface area (Å²) in [4.78, 5) is 12.1. The number of hydrogen-bond acceptors (Lipinski definition) is 4. The summed E-state index contributed by atoms with van der Waals surface area (Å²) in [6.45, 7) is 3.48. The second-order valence-electron chi connectivity index (χ2n) is 4.55. The standard InChI is InChI=1S/C16H12N4O/c1-11-7-12(2)20(16(21)15(11)9-18)19-10-14-5-3-13(8-17)4-6-14/h3-7,10H,1-2H3. The number of rotatable bonds is 2. The summed E-state index contributed by atoms with van der Waals surface area (Å²) < 4.78 is 1.20. The maximum Gasteiger partial charge on any atom is 0.289 e. The van der Waals surface area contributed by atoms with Crippen molar-refractivity contribution in [3.05, 3.63) is 68.6 Å². The van der Waals surface area contributed by atoms with E-state index in [2.05, 4.69) is 5.10 Å². The van der Waals surface area contributed by atoms with Gasteiger partial charge in [0.1, 0.15) is 11.6 Å². The minimum absolute atomic E-state index is 0.0950. The Balaban J connectivity index is 2.44. The average Bonchev–Trinajstić information content (AvgIpc) is 2.47. The third kappa shape index (κ3) is 2.88. The molecule has 5 heteroatoms. The molecule has 0 saturated heterocycles. The van der Waals surface area contributed by atoms with Crippen molar-refractivity contribution in [1.29, 1.82) is 10.5 Å². The summed E-state index contributed by atoms with van der Waals surface area (Å²) in [6, 6.07) is 12.5. The van der Waals surface area contributed by atoms with Gasteiger partial charge >= 0.3 is 0 Å². The van der Waals surface area contributed by atoms with Gasteiger partial charge in [0, 0.05) is 5.69 Å². The Hall–Kier alpha value is -3.18. The first-order chi connectivity index (χ1) is 10.1. The maximum absolute atomic E-state index is 12.1. The first-order valence-corrected chi connectivity index (χ1v) is 6.24. The van der Waals surface area contributed by atoms with Crippen LogP contribution >= 0.6 is 0 Å². The number of pyridine rings is 1. The van der Waals surface area contributed by atoms with Crippen molar-refractivity contribution in [2.45, 2.75) is 13.8 Å². The van der Waals surface area contributed by atoms with Crippen LogP contribution in [0.5, 0.6) is 0 Å². The van der Waals surface area contributed by atoms with E-state index in [0.717, 1.165) is 5.56 Å². The van der Waals surface area contributed by atoms with Crippen molar-refractivity contribution in [2.75, 3.05) is 0 Å². The molecule has 2 aromatic rings. The Morgan fingerprint density at radius 2 is 1.81 bits per heavy atom. The van der Waals surface area contributed by atoms with Gasteiger partial charge in [-0.05, 0) is 43.2 Å². The van der Waals surface area contributed by atoms with Gasteiger partial charge in [-0.15, -0.1) is 0 Å². The molecule has 0 spiro atoms. The highest BCUT2D eigenvalue weighted by atomic mass is 16.1. The molecule has 0 bridgehead atoms. The average molecular weight is 276 g/mol. The van der Waals surface area contributed by atoms with Crippen LogP contribution in [0, 0.1) is 36.5 Å². The molecule has 0 amide bonds. The number of aromatic nitrogens is 1. The molecule has 1 heterocycles. The van der Waals surface area contributed by atoms with Crippen LogP contribution in [0.2, 0.25) is 0 Å². The van der Waals surface area contributed by atoms with E-state index in [9.17, 15) is 4.79 Å². The first kappa shape index (κ1) is 14.2. The van der Waals surface area contributed by atoms with Crippen LogP contribution in [0.1, 0.15) is 27.9 Å². The quantitative estimate of drug-likeness (QED) is 0.787. The lowest BCUT2D eigenvalue weighted by Crippen LogP contribution is -2.22. The highest BCUT2D eigenvalue weighted by Gasteiger charge is 2.08. The molecular weight excluding hydrogens is 264 g/mol. The zero-order valence-electron chi connectivity index (χ0n) is 11.7. The molecule has 1 aromatic carbocycles. The maximum atomic E-state index is 12.1. The minimum atomic E-state index is -0.431. The third-order valence-electron chi connectivity index (χ3n) is 3.03. The molecule has 0 aliphatic rings. The van der Waals surface area contributed by atoms with Gasteiger partial charge in [0.25, 0.3) is 5.56 Å². The van der Waals surface area contributed by atoms with E-state index in [1.807, 2.05) is 12.1 Å². The number of nitriles is 2. The second kappa shape index (κ2) is 5.85. The SMILES string of the molecule is Cc1cc(C)n(N=Cc2ccc(C#N)cc2)c(=O)c1C#N. The Labute approximate surface area is 122 Å². The lowest BCUT2D eigenvalue weighted by molar-refractivity contribution is 0.786. The van der Waals surface area contributed by atoms with Crippen LogP contribution in [0.4, 0.5) is 0 Å². The molecule has 0 saturated carbocycles. The predicted molar refractivity (Wildman–Crippen MR) is 79.0 cm³/mol. The monoisotopic (exact) mass is 276 g/mol. The third-order valence-corrected chi connectivity index (χ3v) is 3.03. The predicted octanol–water partition coefficient (Wildman–Crippen LogP) is 2.09. The van der Waals surface area contributed by atoms with Crippen LogP contribution in [-0.4, -0.2) is 10.9 Å². The van der Waals surface area contributed by atoms with E-state index < -0.39 is 5.56 Å². The van der Waals surface area contributed by atoms with Crippen molar-refractivity contribution in [3.63, 3.8) is 0 Å². The van der Waals surface area contributed by atoms with Gasteiger partial charge in [-0.25, -0.2) is 4.68 Å². The van der Waals surface area contributed by atoms with Gasteiger partial charge in [-0.3, -0.25) is 4.79 Å². The van der Waals surface area contributed by atoms with Crippen LogP contribution in [0.25, 0.3) is 0 Å². The van der Waals surface area contributed by atoms with Gasteiger partial charge in [-0.1, -0.05) is 12.1 Å². The Morgan fingerprint density at radius 1 is 1.14 bits per heavy atom. The highest BCUT2D eigenvalue weighted by Crippen LogP contribution is 2.06. The molecule has 0 unspecified atom stereocenters. The van der Waals surface area contributed by atoms with Gasteiger partial charge in [0.2, 0.25) is 0 Å². The van der Waals surface area contributed by atoms with E-state index in [-0.39, 0.29) is 5.56 Å². The van der Waals surface area contributed by atoms with Crippen LogP contribution < -0.4 is 5.56 Å². The highest BCUT2D eigenvalue weighted by molar-refractivity contribution is 5.79. The first-order valence-electron chi connectivity index (χ1n) is 6.24. The molecule has 0 fully saturated rings. The molecule has 0 N–H and O–H groups in total. The van der Waals surface area contributed by atoms with Crippen molar-refractivity contribution in [3.8, 4) is 12.1 Å². The number of nitrogens with zero attached hydrogens (tertiary/aromatic N) is 4. The molecule has 1 aromatic heterocycles. The number of benzene rings is 1. The number of hydrogen-bond donors (Lipinski definition) is 0. The van der Waals surface area contributed by atoms with Gasteiger partial charge in [0.05, 0.1) is 17.8 Å². The zero-order chi connectivity index (χ0) is 15.4. The van der Waals surface area contributed by atoms with E-state index in [1.54, 1.807) is 44.2 Å². The van der Waals surface area contributed by atoms with Gasteiger partial charge < -0.3 is 0 Å². The Kier molecular flexibility index (Phi) is 3.97. The Bertz CT molecular complexity index is 846. The van der Waals surface area contributed by atoms with Crippen molar-refractivity contribution < 1.29 is 0 Å². The van der Waals surface area contributed by atoms with Crippen molar-refractivity contribution in [1.82, 2.24) is 4.68 Å². The summed E-state index contributed by atoms with van der Waals surface area (Å²) in [7, 11) is 0. The fourth-order valence-electron chi connectivity index (χ4n) is 1.93. The molecule has 2 rings (SSSR count). The molecule has 0 radical (unpaired) electrons. The zero-order valence-corrected chi connectivity index (χ0v) is 11.7. The van der Waals surface area contributed by atoms with Crippen LogP contribution in [0.3, 0.4) is 0 Å². The second-order valence-corrected chi connectivity index (χ2v) is 4.55. The minimum Gasteiger partial charge on any atom is -0.266 e. The van der Waals surface area contributed by atoms with E-state index in [4.69, 9.17) is 10.5 Å². The molecular formula is C16H12N4O. The lowest BCUT2D eigenvalue weighted by Gasteiger charge is -2.06. The van der Waals surface area contributed by atoms with Crippen molar-refractivity contribution >= 4 is 6.21 Å². The fourth-order valence-corrected chi connectivity index (χ4v) is 1.93. The normalized spacial score (nSPS) is 10.3. The lowest BCUT2D eigenvalue weighted by atomic mass is 10.1. The molecule has 102 valence electrons. The summed E-state index contributed by atoms with van der Waals surface area (Å²) in [6.07, 6.45) is 1.52. The number of aryl methyl sites for hydroxylation is 2. The summed E-state index contributed by atoms with van der Waals surface area (Å²) >= 11 is 0. The van der Waals surface area contributed by atoms with Crippen LogP contribution in [-0.2, 0) is 0 Å². The summed E-state index contributed by atoms with van der Waals surface area (Å²) in [5.74, 6) is 0. The van der Waals surface area contributed by atoms with Gasteiger partial charge in [-0.2, -0.15) is 15.6 Å². The van der Waals surface area contributed by atoms with E-state index in [0.29, 0.717) is 16.8 Å². The van der Waals surface area contributed by atoms with Crippen LogP contribution in [0.15, 0.2) is 40.2 Å². The van der Waals surface area contributed by atoms with E-state index >= 15 is 0 Å². The molecule has 0 aliphatic carbocycles. The van der Waals surface area contributed by atoms with E-state index in [1.165, 1.54) is 10.9 Å².